The van der Waals surface area contributed by atoms with Gasteiger partial charge in [0.2, 0.25) is 0 Å². The molecule has 1 nitrogen and oxygen atoms in total. The topological polar surface area (TPSA) is 9.23 Å². The average molecular weight is 268 g/mol. The molecule has 0 aliphatic heterocycles. The molecular weight excluding hydrogens is 262 g/mol. The molecule has 0 atom stereocenters. The Labute approximate surface area is 97.7 Å². The summed E-state index contributed by atoms with van der Waals surface area (Å²) < 4.78 is 81.9. The fourth-order valence-corrected chi connectivity index (χ4v) is 1.42. The summed E-state index contributed by atoms with van der Waals surface area (Å²) in [5.74, 6) is -17.5. The lowest BCUT2D eigenvalue weighted by atomic mass is 10.2. The minimum absolute atomic E-state index is 0.225. The summed E-state index contributed by atoms with van der Waals surface area (Å²) >= 11 is 0. The third-order valence-corrected chi connectivity index (χ3v) is 2.41. The van der Waals surface area contributed by atoms with Crippen LogP contribution in [0.25, 0.3) is 0 Å². The van der Waals surface area contributed by atoms with E-state index in [0.717, 1.165) is 0 Å². The van der Waals surface area contributed by atoms with E-state index in [2.05, 4.69) is 4.74 Å². The number of allylic oxidation sites excluding steroid dienone is 2. The lowest BCUT2D eigenvalue weighted by Gasteiger charge is -2.24. The standard InChI is InChI=1S/C11H6F6O/c12-9(13)6-8(10(14,15)11(9,16)17)18-7-4-2-1-3-5-7/h1-6H. The van der Waals surface area contributed by atoms with Gasteiger partial charge in [-0.25, -0.2) is 0 Å². The zero-order valence-corrected chi connectivity index (χ0v) is 8.64. The van der Waals surface area contributed by atoms with Gasteiger partial charge in [0.1, 0.15) is 5.75 Å². The second kappa shape index (κ2) is 3.66. The molecule has 0 spiro atoms. The zero-order valence-electron chi connectivity index (χ0n) is 8.64. The zero-order chi connectivity index (χ0) is 13.6. The van der Waals surface area contributed by atoms with Crippen LogP contribution in [0.5, 0.6) is 5.75 Å². The quantitative estimate of drug-likeness (QED) is 0.740. The van der Waals surface area contributed by atoms with Crippen LogP contribution < -0.4 is 4.74 Å². The molecule has 1 aromatic rings. The predicted molar refractivity (Wildman–Crippen MR) is 50.0 cm³/mol. The van der Waals surface area contributed by atoms with Crippen molar-refractivity contribution in [3.05, 3.63) is 42.2 Å². The van der Waals surface area contributed by atoms with Crippen LogP contribution in [0.3, 0.4) is 0 Å². The van der Waals surface area contributed by atoms with Crippen LogP contribution in [0, 0.1) is 0 Å². The second-order valence-corrected chi connectivity index (χ2v) is 3.70. The van der Waals surface area contributed by atoms with Gasteiger partial charge in [0.15, 0.2) is 5.76 Å². The molecular formula is C11H6F6O. The molecule has 1 aliphatic rings. The largest absolute Gasteiger partial charge is 0.455 e. The van der Waals surface area contributed by atoms with Crippen molar-refractivity contribution in [2.75, 3.05) is 0 Å². The van der Waals surface area contributed by atoms with Crippen LogP contribution in [-0.4, -0.2) is 17.8 Å². The number of benzene rings is 1. The first-order chi connectivity index (χ1) is 8.18. The number of ether oxygens (including phenoxy) is 1. The highest BCUT2D eigenvalue weighted by molar-refractivity contribution is 5.33. The summed E-state index contributed by atoms with van der Waals surface area (Å²) in [6.45, 7) is 0. The van der Waals surface area contributed by atoms with Crippen LogP contribution in [0.4, 0.5) is 26.3 Å². The highest BCUT2D eigenvalue weighted by Crippen LogP contribution is 2.55. The molecule has 0 saturated carbocycles. The Morgan fingerprint density at radius 1 is 0.833 bits per heavy atom. The number of halogens is 6. The normalized spacial score (nSPS) is 23.6. The third-order valence-electron chi connectivity index (χ3n) is 2.41. The van der Waals surface area contributed by atoms with Crippen LogP contribution in [-0.2, 0) is 0 Å². The molecule has 2 rings (SSSR count). The van der Waals surface area contributed by atoms with Crippen molar-refractivity contribution < 1.29 is 31.1 Å². The van der Waals surface area contributed by atoms with E-state index in [1.165, 1.54) is 30.3 Å². The van der Waals surface area contributed by atoms with Crippen LogP contribution >= 0.6 is 0 Å². The second-order valence-electron chi connectivity index (χ2n) is 3.70. The Balaban J connectivity index is 2.35. The van der Waals surface area contributed by atoms with Crippen molar-refractivity contribution >= 4 is 0 Å². The van der Waals surface area contributed by atoms with E-state index in [1.54, 1.807) is 0 Å². The van der Waals surface area contributed by atoms with E-state index in [1.807, 2.05) is 0 Å². The number of hydrogen-bond acceptors (Lipinski definition) is 1. The number of hydrogen-bond donors (Lipinski definition) is 0. The predicted octanol–water partition coefficient (Wildman–Crippen LogP) is 3.87. The van der Waals surface area contributed by atoms with Crippen molar-refractivity contribution in [1.29, 1.82) is 0 Å². The van der Waals surface area contributed by atoms with E-state index in [-0.39, 0.29) is 5.75 Å². The Kier molecular flexibility index (Phi) is 2.60. The Morgan fingerprint density at radius 2 is 1.39 bits per heavy atom. The maximum absolute atomic E-state index is 13.1. The van der Waals surface area contributed by atoms with E-state index < -0.39 is 29.6 Å². The van der Waals surface area contributed by atoms with E-state index in [0.29, 0.717) is 0 Å². The smallest absolute Gasteiger partial charge is 0.383 e. The van der Waals surface area contributed by atoms with Crippen molar-refractivity contribution in [1.82, 2.24) is 0 Å². The average Bonchev–Trinajstić information content (AvgIpc) is 2.39. The summed E-state index contributed by atoms with van der Waals surface area (Å²) in [5, 5.41) is 0. The van der Waals surface area contributed by atoms with Crippen LogP contribution in [0.15, 0.2) is 42.2 Å². The number of alkyl halides is 6. The maximum Gasteiger partial charge on any atom is 0.383 e. The van der Waals surface area contributed by atoms with Crippen molar-refractivity contribution in [3.8, 4) is 5.75 Å². The van der Waals surface area contributed by atoms with Gasteiger partial charge < -0.3 is 4.74 Å². The maximum atomic E-state index is 13.1. The molecule has 7 heteroatoms. The van der Waals surface area contributed by atoms with Gasteiger partial charge in [0.25, 0.3) is 0 Å². The number of rotatable bonds is 2. The van der Waals surface area contributed by atoms with Crippen LogP contribution in [0.1, 0.15) is 0 Å². The molecule has 0 unspecified atom stereocenters. The summed E-state index contributed by atoms with van der Waals surface area (Å²) in [6.07, 6.45) is -0.542. The molecule has 1 aromatic carbocycles. The highest BCUT2D eigenvalue weighted by atomic mass is 19.3. The molecule has 0 aromatic heterocycles. The fourth-order valence-electron chi connectivity index (χ4n) is 1.42. The van der Waals surface area contributed by atoms with Crippen LogP contribution in [0.2, 0.25) is 0 Å². The Morgan fingerprint density at radius 3 is 1.83 bits per heavy atom. The molecule has 0 bridgehead atoms. The Hall–Kier alpha value is -1.66. The van der Waals surface area contributed by atoms with Gasteiger partial charge in [-0.05, 0) is 12.1 Å². The monoisotopic (exact) mass is 268 g/mol. The molecule has 98 valence electrons. The lowest BCUT2D eigenvalue weighted by Crippen LogP contribution is -2.49. The van der Waals surface area contributed by atoms with Gasteiger partial charge in [-0.15, -0.1) is 0 Å². The SMILES string of the molecule is FC1(F)C=C(Oc2ccccc2)C(F)(F)C1(F)F. The molecule has 18 heavy (non-hydrogen) atoms. The van der Waals surface area contributed by atoms with E-state index >= 15 is 0 Å². The first-order valence-electron chi connectivity index (χ1n) is 4.78. The van der Waals surface area contributed by atoms with Gasteiger partial charge in [-0.3, -0.25) is 0 Å². The van der Waals surface area contributed by atoms with Crippen molar-refractivity contribution in [2.45, 2.75) is 17.8 Å². The fraction of sp³-hybridized carbons (Fsp3) is 0.273. The van der Waals surface area contributed by atoms with Gasteiger partial charge in [0.05, 0.1) is 0 Å². The summed E-state index contributed by atoms with van der Waals surface area (Å²) in [4.78, 5) is 0. The van der Waals surface area contributed by atoms with Crippen molar-refractivity contribution in [2.24, 2.45) is 0 Å². The summed E-state index contributed by atoms with van der Waals surface area (Å²) in [6, 6.07) is 6.67. The van der Waals surface area contributed by atoms with Gasteiger partial charge in [-0.2, -0.15) is 26.3 Å². The van der Waals surface area contributed by atoms with Gasteiger partial charge >= 0.3 is 17.8 Å². The molecule has 0 radical (unpaired) electrons. The van der Waals surface area contributed by atoms with Crippen molar-refractivity contribution in [3.63, 3.8) is 0 Å². The van der Waals surface area contributed by atoms with Gasteiger partial charge in [-0.1, -0.05) is 18.2 Å². The minimum Gasteiger partial charge on any atom is -0.455 e. The Bertz CT molecular complexity index is 480. The molecule has 0 saturated heterocycles. The van der Waals surface area contributed by atoms with Gasteiger partial charge in [0, 0.05) is 6.08 Å². The first kappa shape index (κ1) is 12.8. The molecule has 0 N–H and O–H groups in total. The lowest BCUT2D eigenvalue weighted by molar-refractivity contribution is -0.267. The van der Waals surface area contributed by atoms with E-state index in [4.69, 9.17) is 0 Å². The highest BCUT2D eigenvalue weighted by Gasteiger charge is 2.78. The summed E-state index contributed by atoms with van der Waals surface area (Å²) in [7, 11) is 0. The first-order valence-corrected chi connectivity index (χ1v) is 4.78. The van der Waals surface area contributed by atoms with E-state index in [9.17, 15) is 26.3 Å². The molecule has 0 amide bonds. The minimum atomic E-state index is -5.50. The third kappa shape index (κ3) is 1.65. The number of para-hydroxylation sites is 1. The molecule has 0 fully saturated rings. The molecule has 0 heterocycles. The summed E-state index contributed by atoms with van der Waals surface area (Å²) in [5.41, 5.74) is 0. The molecule has 1 aliphatic carbocycles.